The zero-order valence-corrected chi connectivity index (χ0v) is 12.3. The zero-order valence-electron chi connectivity index (χ0n) is 12.3. The maximum atomic E-state index is 12.1. The van der Waals surface area contributed by atoms with Gasteiger partial charge in [0, 0.05) is 44.1 Å². The van der Waals surface area contributed by atoms with E-state index in [1.807, 2.05) is 0 Å². The molecule has 0 aliphatic carbocycles. The Kier molecular flexibility index (Phi) is 4.43. The van der Waals surface area contributed by atoms with E-state index >= 15 is 0 Å². The predicted molar refractivity (Wildman–Crippen MR) is 77.8 cm³/mol. The van der Waals surface area contributed by atoms with E-state index in [0.29, 0.717) is 31.7 Å². The molecule has 0 spiro atoms. The van der Waals surface area contributed by atoms with Crippen molar-refractivity contribution in [2.45, 2.75) is 26.2 Å². The second-order valence-corrected chi connectivity index (χ2v) is 5.51. The van der Waals surface area contributed by atoms with Crippen molar-refractivity contribution in [1.82, 2.24) is 4.57 Å². The highest BCUT2D eigenvalue weighted by atomic mass is 16.5. The van der Waals surface area contributed by atoms with Crippen molar-refractivity contribution in [3.8, 4) is 6.07 Å². The maximum Gasteiger partial charge on any atom is 0.252 e. The quantitative estimate of drug-likeness (QED) is 0.910. The van der Waals surface area contributed by atoms with E-state index in [0.717, 1.165) is 5.69 Å². The molecule has 1 N–H and O–H groups in total. The Morgan fingerprint density at radius 1 is 1.48 bits per heavy atom. The number of rotatable bonds is 3. The van der Waals surface area contributed by atoms with Crippen LogP contribution < -0.4 is 10.9 Å². The number of hydrogen-bond donors (Lipinski definition) is 1. The number of aryl methyl sites for hydroxylation is 1. The van der Waals surface area contributed by atoms with Crippen LogP contribution in [-0.2, 0) is 16.6 Å². The molecule has 1 aromatic heterocycles. The van der Waals surface area contributed by atoms with Crippen molar-refractivity contribution < 1.29 is 9.53 Å². The van der Waals surface area contributed by atoms with Crippen LogP contribution in [0.4, 0.5) is 5.69 Å². The molecule has 1 fully saturated rings. The minimum absolute atomic E-state index is 0.126. The Hall–Kier alpha value is -2.13. The number of carbonyl (C=O) groups is 1. The SMILES string of the molecule is Cc1cc(NC(=O)CC2(C#N)CCOCC2)cc(=O)n1C. The van der Waals surface area contributed by atoms with E-state index < -0.39 is 5.41 Å². The Morgan fingerprint density at radius 2 is 2.14 bits per heavy atom. The highest BCUT2D eigenvalue weighted by molar-refractivity contribution is 5.91. The van der Waals surface area contributed by atoms with Crippen molar-refractivity contribution in [1.29, 1.82) is 5.26 Å². The maximum absolute atomic E-state index is 12.1. The van der Waals surface area contributed by atoms with Gasteiger partial charge in [0.15, 0.2) is 0 Å². The molecule has 0 saturated carbocycles. The Bertz CT molecular complexity index is 637. The molecule has 1 amide bonds. The summed E-state index contributed by atoms with van der Waals surface area (Å²) in [5.41, 5.74) is 0.405. The van der Waals surface area contributed by atoms with Gasteiger partial charge in [0.05, 0.1) is 11.5 Å². The molecule has 0 radical (unpaired) electrons. The summed E-state index contributed by atoms with van der Waals surface area (Å²) in [5.74, 6) is -0.244. The fraction of sp³-hybridized carbons (Fsp3) is 0.533. The third kappa shape index (κ3) is 3.50. The highest BCUT2D eigenvalue weighted by Gasteiger charge is 2.35. The third-order valence-electron chi connectivity index (χ3n) is 3.97. The summed E-state index contributed by atoms with van der Waals surface area (Å²) in [6.45, 7) is 2.81. The van der Waals surface area contributed by atoms with Crippen molar-refractivity contribution in [3.05, 3.63) is 28.2 Å². The van der Waals surface area contributed by atoms with Gasteiger partial charge in [-0.3, -0.25) is 9.59 Å². The van der Waals surface area contributed by atoms with E-state index in [1.54, 1.807) is 20.0 Å². The number of amides is 1. The monoisotopic (exact) mass is 289 g/mol. The lowest BCUT2D eigenvalue weighted by atomic mass is 9.78. The van der Waals surface area contributed by atoms with E-state index in [1.165, 1.54) is 10.6 Å². The predicted octanol–water partition coefficient (Wildman–Crippen LogP) is 1.34. The minimum Gasteiger partial charge on any atom is -0.381 e. The van der Waals surface area contributed by atoms with Gasteiger partial charge in [-0.2, -0.15) is 5.26 Å². The lowest BCUT2D eigenvalue weighted by Crippen LogP contribution is -2.32. The van der Waals surface area contributed by atoms with Gasteiger partial charge in [0.2, 0.25) is 5.91 Å². The normalized spacial score (nSPS) is 17.0. The molecule has 2 rings (SSSR count). The molecule has 21 heavy (non-hydrogen) atoms. The molecule has 0 bridgehead atoms. The fourth-order valence-corrected chi connectivity index (χ4v) is 2.44. The first-order chi connectivity index (χ1) is 9.96. The van der Waals surface area contributed by atoms with Gasteiger partial charge in [-0.05, 0) is 25.8 Å². The van der Waals surface area contributed by atoms with Crippen LogP contribution >= 0.6 is 0 Å². The standard InChI is InChI=1S/C15H19N3O3/c1-11-7-12(8-14(20)18(11)2)17-13(19)9-15(10-16)3-5-21-6-4-15/h7-8H,3-6,9H2,1-2H3,(H,17,19). The summed E-state index contributed by atoms with van der Waals surface area (Å²) in [7, 11) is 1.68. The van der Waals surface area contributed by atoms with Crippen molar-refractivity contribution in [2.75, 3.05) is 18.5 Å². The molecule has 1 aromatic rings. The van der Waals surface area contributed by atoms with Gasteiger partial charge in [-0.1, -0.05) is 0 Å². The van der Waals surface area contributed by atoms with Crippen LogP contribution in [0.1, 0.15) is 25.0 Å². The number of nitrogens with one attached hydrogen (secondary N) is 1. The molecule has 1 aliphatic rings. The average Bonchev–Trinajstić information content (AvgIpc) is 2.45. The average molecular weight is 289 g/mol. The smallest absolute Gasteiger partial charge is 0.252 e. The first-order valence-corrected chi connectivity index (χ1v) is 6.92. The molecule has 6 nitrogen and oxygen atoms in total. The van der Waals surface area contributed by atoms with Crippen molar-refractivity contribution in [2.24, 2.45) is 12.5 Å². The third-order valence-corrected chi connectivity index (χ3v) is 3.97. The van der Waals surface area contributed by atoms with E-state index in [-0.39, 0.29) is 17.9 Å². The van der Waals surface area contributed by atoms with Crippen LogP contribution in [0.5, 0.6) is 0 Å². The van der Waals surface area contributed by atoms with Crippen molar-refractivity contribution >= 4 is 11.6 Å². The molecule has 1 aliphatic heterocycles. The number of hydrogen-bond acceptors (Lipinski definition) is 4. The number of pyridine rings is 1. The molecule has 2 heterocycles. The van der Waals surface area contributed by atoms with Gasteiger partial charge < -0.3 is 14.6 Å². The molecule has 0 atom stereocenters. The summed E-state index contributed by atoms with van der Waals surface area (Å²) in [6.07, 6.45) is 1.25. The lowest BCUT2D eigenvalue weighted by Gasteiger charge is -2.29. The minimum atomic E-state index is -0.656. The van der Waals surface area contributed by atoms with Gasteiger partial charge >= 0.3 is 0 Å². The van der Waals surface area contributed by atoms with E-state index in [9.17, 15) is 14.9 Å². The first-order valence-electron chi connectivity index (χ1n) is 6.92. The molecular weight excluding hydrogens is 270 g/mol. The fourth-order valence-electron chi connectivity index (χ4n) is 2.44. The number of aromatic nitrogens is 1. The van der Waals surface area contributed by atoms with Gasteiger partial charge in [-0.25, -0.2) is 0 Å². The van der Waals surface area contributed by atoms with Crippen LogP contribution in [0, 0.1) is 23.7 Å². The second-order valence-electron chi connectivity index (χ2n) is 5.51. The number of nitriles is 1. The summed E-state index contributed by atoms with van der Waals surface area (Å²) < 4.78 is 6.75. The lowest BCUT2D eigenvalue weighted by molar-refractivity contribution is -0.118. The van der Waals surface area contributed by atoms with Gasteiger partial charge in [0.1, 0.15) is 0 Å². The second kappa shape index (κ2) is 6.10. The van der Waals surface area contributed by atoms with Crippen LogP contribution in [0.2, 0.25) is 0 Å². The summed E-state index contributed by atoms with van der Waals surface area (Å²) >= 11 is 0. The number of nitrogens with zero attached hydrogens (tertiary/aromatic N) is 2. The molecular formula is C15H19N3O3. The molecule has 0 aromatic carbocycles. The molecule has 112 valence electrons. The Labute approximate surface area is 123 Å². The van der Waals surface area contributed by atoms with Gasteiger partial charge in [-0.15, -0.1) is 0 Å². The Balaban J connectivity index is 2.08. The topological polar surface area (TPSA) is 84.1 Å². The summed E-state index contributed by atoms with van der Waals surface area (Å²) in [6, 6.07) is 5.38. The molecule has 0 unspecified atom stereocenters. The zero-order chi connectivity index (χ0) is 15.5. The largest absolute Gasteiger partial charge is 0.381 e. The Morgan fingerprint density at radius 3 is 2.71 bits per heavy atom. The van der Waals surface area contributed by atoms with E-state index in [4.69, 9.17) is 4.74 Å². The van der Waals surface area contributed by atoms with Crippen molar-refractivity contribution in [3.63, 3.8) is 0 Å². The van der Waals surface area contributed by atoms with Crippen LogP contribution in [-0.4, -0.2) is 23.7 Å². The van der Waals surface area contributed by atoms with Crippen LogP contribution in [0.25, 0.3) is 0 Å². The number of anilines is 1. The van der Waals surface area contributed by atoms with Crippen LogP contribution in [0.15, 0.2) is 16.9 Å². The first kappa shape index (κ1) is 15.3. The summed E-state index contributed by atoms with van der Waals surface area (Å²) in [4.78, 5) is 23.8. The molecule has 1 saturated heterocycles. The number of ether oxygens (including phenoxy) is 1. The van der Waals surface area contributed by atoms with Crippen LogP contribution in [0.3, 0.4) is 0 Å². The highest BCUT2D eigenvalue weighted by Crippen LogP contribution is 2.33. The summed E-state index contributed by atoms with van der Waals surface area (Å²) in [5, 5.41) is 12.1. The van der Waals surface area contributed by atoms with Gasteiger partial charge in [0.25, 0.3) is 5.56 Å². The number of carbonyl (C=O) groups excluding carboxylic acids is 1. The molecule has 6 heteroatoms. The van der Waals surface area contributed by atoms with E-state index in [2.05, 4.69) is 11.4 Å².